The first kappa shape index (κ1) is 32.9. The van der Waals surface area contributed by atoms with Crippen LogP contribution in [-0.4, -0.2) is 84.6 Å². The second-order valence-corrected chi connectivity index (χ2v) is 13.4. The maximum atomic E-state index is 13.4. The van der Waals surface area contributed by atoms with E-state index in [1.807, 2.05) is 13.8 Å². The highest BCUT2D eigenvalue weighted by Gasteiger charge is 2.36. The summed E-state index contributed by atoms with van der Waals surface area (Å²) < 4.78 is 11.2. The van der Waals surface area contributed by atoms with Gasteiger partial charge in [0.15, 0.2) is 0 Å². The first-order valence-corrected chi connectivity index (χ1v) is 16.2. The zero-order valence-electron chi connectivity index (χ0n) is 24.0. The van der Waals surface area contributed by atoms with Gasteiger partial charge in [-0.1, -0.05) is 37.2 Å². The van der Waals surface area contributed by atoms with Crippen LogP contribution in [-0.2, 0) is 23.9 Å². The number of ether oxygens (including phenoxy) is 2. The maximum absolute atomic E-state index is 13.4. The van der Waals surface area contributed by atoms with Crippen molar-refractivity contribution in [2.75, 3.05) is 48.4 Å². The second-order valence-electron chi connectivity index (χ2n) is 10.5. The molecule has 1 aromatic heterocycles. The van der Waals surface area contributed by atoms with Crippen molar-refractivity contribution in [1.82, 2.24) is 4.90 Å². The highest BCUT2D eigenvalue weighted by atomic mass is 35.5. The number of nitrogens with zero attached hydrogens (tertiary/aromatic N) is 3. The number of imide groups is 1. The van der Waals surface area contributed by atoms with Crippen molar-refractivity contribution < 1.29 is 33.4 Å². The number of morpholine rings is 1. The van der Waals surface area contributed by atoms with Gasteiger partial charge in [-0.3, -0.25) is 29.0 Å². The third-order valence-corrected chi connectivity index (χ3v) is 9.34. The molecule has 2 saturated heterocycles. The van der Waals surface area contributed by atoms with Crippen molar-refractivity contribution >= 4 is 75.0 Å². The van der Waals surface area contributed by atoms with Crippen molar-refractivity contribution in [3.63, 3.8) is 0 Å². The fourth-order valence-electron chi connectivity index (χ4n) is 4.55. The van der Waals surface area contributed by atoms with E-state index in [9.17, 15) is 24.0 Å². The molecule has 232 valence electrons. The van der Waals surface area contributed by atoms with E-state index in [4.69, 9.17) is 26.8 Å². The number of hydrogen-bond donors (Lipinski definition) is 1. The SMILES string of the molecule is CC(C)[C@H](N)C(=O)SCCCCC(=O)N(C[C@H]1CN(c2ccc(N3CCOCC3=O)cc2)C(=O)O1)C(=O)c1ccc(Cl)s1. The summed E-state index contributed by atoms with van der Waals surface area (Å²) in [6.07, 6.45) is -0.193. The van der Waals surface area contributed by atoms with Crippen molar-refractivity contribution in [2.45, 2.75) is 45.3 Å². The molecule has 2 fully saturated rings. The van der Waals surface area contributed by atoms with Gasteiger partial charge in [-0.15, -0.1) is 11.3 Å². The zero-order chi connectivity index (χ0) is 31.1. The van der Waals surface area contributed by atoms with Gasteiger partial charge in [-0.05, 0) is 55.2 Å². The number of amides is 4. The van der Waals surface area contributed by atoms with E-state index in [-0.39, 0.29) is 43.1 Å². The molecule has 2 N–H and O–H groups in total. The Labute approximate surface area is 263 Å². The van der Waals surface area contributed by atoms with E-state index in [0.29, 0.717) is 52.3 Å². The zero-order valence-corrected chi connectivity index (χ0v) is 26.4. The number of cyclic esters (lactones) is 1. The number of thiophene rings is 1. The van der Waals surface area contributed by atoms with Gasteiger partial charge in [-0.2, -0.15) is 0 Å². The lowest BCUT2D eigenvalue weighted by Crippen LogP contribution is -2.43. The van der Waals surface area contributed by atoms with Gasteiger partial charge in [-0.25, -0.2) is 4.79 Å². The van der Waals surface area contributed by atoms with Crippen LogP contribution in [0.15, 0.2) is 36.4 Å². The van der Waals surface area contributed by atoms with Crippen LogP contribution in [0.5, 0.6) is 0 Å². The molecule has 3 heterocycles. The number of unbranched alkanes of at least 4 members (excludes halogenated alkanes) is 1. The number of rotatable bonds is 12. The van der Waals surface area contributed by atoms with Crippen LogP contribution in [0.4, 0.5) is 16.2 Å². The Morgan fingerprint density at radius 3 is 2.42 bits per heavy atom. The Hall–Kier alpha value is -2.97. The average Bonchev–Trinajstić information content (AvgIpc) is 3.59. The van der Waals surface area contributed by atoms with Crippen LogP contribution >= 0.6 is 34.7 Å². The first-order valence-electron chi connectivity index (χ1n) is 14.0. The normalized spacial score (nSPS) is 17.7. The molecule has 0 spiro atoms. The van der Waals surface area contributed by atoms with E-state index in [2.05, 4.69) is 0 Å². The Morgan fingerprint density at radius 1 is 1.09 bits per heavy atom. The molecule has 2 aliphatic heterocycles. The molecule has 0 bridgehead atoms. The Morgan fingerprint density at radius 2 is 1.79 bits per heavy atom. The smallest absolute Gasteiger partial charge is 0.414 e. The molecular formula is C29H35ClN4O7S2. The first-order chi connectivity index (χ1) is 20.5. The fourth-order valence-corrected chi connectivity index (χ4v) is 6.56. The van der Waals surface area contributed by atoms with Crippen molar-refractivity contribution in [3.05, 3.63) is 45.6 Å². The summed E-state index contributed by atoms with van der Waals surface area (Å²) in [5.41, 5.74) is 7.16. The minimum atomic E-state index is -0.748. The second kappa shape index (κ2) is 15.2. The van der Waals surface area contributed by atoms with Crippen LogP contribution in [0.2, 0.25) is 4.34 Å². The minimum Gasteiger partial charge on any atom is -0.442 e. The molecule has 14 heteroatoms. The van der Waals surface area contributed by atoms with Crippen LogP contribution in [0.3, 0.4) is 0 Å². The summed E-state index contributed by atoms with van der Waals surface area (Å²) in [6.45, 7) is 4.71. The Balaban J connectivity index is 1.37. The lowest BCUT2D eigenvalue weighted by Gasteiger charge is -2.27. The van der Waals surface area contributed by atoms with E-state index in [0.717, 1.165) is 28.0 Å². The monoisotopic (exact) mass is 650 g/mol. The summed E-state index contributed by atoms with van der Waals surface area (Å²) in [6, 6.07) is 9.56. The molecule has 0 saturated carbocycles. The average molecular weight is 651 g/mol. The summed E-state index contributed by atoms with van der Waals surface area (Å²) >= 11 is 8.26. The lowest BCUT2D eigenvalue weighted by atomic mass is 10.1. The topological polar surface area (TPSA) is 140 Å². The molecule has 1 aromatic carbocycles. The van der Waals surface area contributed by atoms with Gasteiger partial charge in [0.1, 0.15) is 12.7 Å². The van der Waals surface area contributed by atoms with E-state index >= 15 is 0 Å². The highest BCUT2D eigenvalue weighted by molar-refractivity contribution is 8.13. The van der Waals surface area contributed by atoms with E-state index in [1.54, 1.807) is 41.3 Å². The van der Waals surface area contributed by atoms with Crippen molar-refractivity contribution in [3.8, 4) is 0 Å². The standard InChI is InChI=1S/C29H35ClN4O7S2/c1-18(2)26(31)28(38)42-14-4-3-5-24(35)34(27(37)22-10-11-23(30)43-22)16-21-15-33(29(39)41-21)20-8-6-19(7-9-20)32-12-13-40-17-25(32)36/h6-11,18,21,26H,3-5,12-17,31H2,1-2H3/t21-,26+/m1/s1. The summed E-state index contributed by atoms with van der Waals surface area (Å²) in [5, 5.41) is -0.0791. The number of benzene rings is 1. The molecule has 4 rings (SSSR count). The number of carbonyl (C=O) groups is 5. The third kappa shape index (κ3) is 8.57. The number of anilines is 2. The van der Waals surface area contributed by atoms with Crippen molar-refractivity contribution in [1.29, 1.82) is 0 Å². The maximum Gasteiger partial charge on any atom is 0.414 e. The number of thioether (sulfide) groups is 1. The minimum absolute atomic E-state index is 0.0269. The molecule has 4 amide bonds. The predicted octanol–water partition coefficient (Wildman–Crippen LogP) is 4.17. The van der Waals surface area contributed by atoms with Gasteiger partial charge >= 0.3 is 6.09 Å². The molecule has 43 heavy (non-hydrogen) atoms. The quantitative estimate of drug-likeness (QED) is 0.335. The van der Waals surface area contributed by atoms with Crippen LogP contribution in [0, 0.1) is 5.92 Å². The Kier molecular flexibility index (Phi) is 11.6. The molecular weight excluding hydrogens is 616 g/mol. The number of hydrogen-bond acceptors (Lipinski definition) is 10. The van der Waals surface area contributed by atoms with Gasteiger partial charge in [0.05, 0.1) is 35.0 Å². The molecule has 11 nitrogen and oxygen atoms in total. The van der Waals surface area contributed by atoms with E-state index in [1.165, 1.54) is 4.90 Å². The Bertz CT molecular complexity index is 1340. The molecule has 0 radical (unpaired) electrons. The van der Waals surface area contributed by atoms with Crippen molar-refractivity contribution in [2.24, 2.45) is 11.7 Å². The fraction of sp³-hybridized carbons (Fsp3) is 0.483. The molecule has 2 atom stereocenters. The summed E-state index contributed by atoms with van der Waals surface area (Å²) in [7, 11) is 0. The van der Waals surface area contributed by atoms with Crippen LogP contribution in [0.1, 0.15) is 42.8 Å². The highest BCUT2D eigenvalue weighted by Crippen LogP contribution is 2.28. The third-order valence-electron chi connectivity index (χ3n) is 7.07. The number of nitrogens with two attached hydrogens (primary N) is 1. The molecule has 0 aliphatic carbocycles. The number of halogens is 1. The van der Waals surface area contributed by atoms with Gasteiger partial charge in [0, 0.05) is 30.1 Å². The van der Waals surface area contributed by atoms with Crippen LogP contribution < -0.4 is 15.5 Å². The van der Waals surface area contributed by atoms with Gasteiger partial charge < -0.3 is 20.1 Å². The van der Waals surface area contributed by atoms with E-state index < -0.39 is 30.1 Å². The summed E-state index contributed by atoms with van der Waals surface area (Å²) in [5.74, 6) is -0.479. The van der Waals surface area contributed by atoms with Crippen LogP contribution in [0.25, 0.3) is 0 Å². The molecule has 2 aromatic rings. The number of carbonyl (C=O) groups excluding carboxylic acids is 5. The van der Waals surface area contributed by atoms with Gasteiger partial charge in [0.25, 0.3) is 11.8 Å². The molecule has 2 aliphatic rings. The summed E-state index contributed by atoms with van der Waals surface area (Å²) in [4.78, 5) is 68.2. The largest absolute Gasteiger partial charge is 0.442 e. The predicted molar refractivity (Wildman–Crippen MR) is 167 cm³/mol. The lowest BCUT2D eigenvalue weighted by molar-refractivity contribution is -0.129. The van der Waals surface area contributed by atoms with Gasteiger partial charge in [0.2, 0.25) is 11.0 Å². The molecule has 0 unspecified atom stereocenters.